The fourth-order valence-corrected chi connectivity index (χ4v) is 22.9. The maximum Gasteiger partial charge on any atom is 0.126 e. The van der Waals surface area contributed by atoms with Crippen molar-refractivity contribution >= 4 is 68.1 Å². The van der Waals surface area contributed by atoms with Gasteiger partial charge in [0.1, 0.15) is 16.9 Å². The third kappa shape index (κ3) is 25.0. The summed E-state index contributed by atoms with van der Waals surface area (Å²) in [5, 5.41) is 2.45. The molecule has 0 atom stereocenters. The second-order valence-corrected chi connectivity index (χ2v) is 35.5. The zero-order chi connectivity index (χ0) is 67.0. The number of thiophene rings is 4. The van der Waals surface area contributed by atoms with E-state index in [0.29, 0.717) is 5.52 Å². The third-order valence-electron chi connectivity index (χ3n) is 23.0. The molecule has 538 valence electrons. The number of nitrogens with zero attached hydrogens (tertiary/aromatic N) is 2. The highest BCUT2D eigenvalue weighted by Gasteiger charge is 2.48. The van der Waals surface area contributed by atoms with Crippen molar-refractivity contribution in [3.8, 4) is 39.7 Å². The van der Waals surface area contributed by atoms with Crippen LogP contribution in [-0.4, -0.2) is 8.75 Å². The zero-order valence-electron chi connectivity index (χ0n) is 62.3. The highest BCUT2D eigenvalue weighted by Crippen LogP contribution is 2.64. The molecule has 2 aliphatic carbocycles. The summed E-state index contributed by atoms with van der Waals surface area (Å²) in [6.07, 6.45) is 83.3. The van der Waals surface area contributed by atoms with Crippen molar-refractivity contribution in [3.05, 3.63) is 69.8 Å². The van der Waals surface area contributed by atoms with Crippen molar-refractivity contribution in [2.45, 2.75) is 424 Å². The van der Waals surface area contributed by atoms with Crippen molar-refractivity contribution < 1.29 is 4.39 Å². The van der Waals surface area contributed by atoms with E-state index < -0.39 is 0 Å². The summed E-state index contributed by atoms with van der Waals surface area (Å²) >= 11 is 9.42. The highest BCUT2D eigenvalue weighted by molar-refractivity contribution is 7.29. The van der Waals surface area contributed by atoms with E-state index in [1.54, 1.807) is 38.6 Å². The molecule has 0 fully saturated rings. The Morgan fingerprint density at radius 1 is 0.292 bits per heavy atom. The van der Waals surface area contributed by atoms with Gasteiger partial charge in [0.2, 0.25) is 0 Å². The predicted molar refractivity (Wildman–Crippen MR) is 432 cm³/mol. The van der Waals surface area contributed by atoms with Crippen molar-refractivity contribution in [1.82, 2.24) is 8.75 Å². The van der Waals surface area contributed by atoms with Crippen molar-refractivity contribution in [2.75, 3.05) is 0 Å². The van der Waals surface area contributed by atoms with Gasteiger partial charge in [0.15, 0.2) is 0 Å². The van der Waals surface area contributed by atoms with Crippen LogP contribution in [-0.2, 0) is 10.8 Å². The first-order valence-electron chi connectivity index (χ1n) is 41.9. The van der Waals surface area contributed by atoms with Gasteiger partial charge in [0, 0.05) is 56.6 Å². The maximum atomic E-state index is 15.6. The highest BCUT2D eigenvalue weighted by atomic mass is 32.1. The molecule has 0 aliphatic heterocycles. The molecule has 0 radical (unpaired) electrons. The first-order valence-corrected chi connectivity index (χ1v) is 46.0. The van der Waals surface area contributed by atoms with Crippen LogP contribution in [0.2, 0.25) is 0 Å². The van der Waals surface area contributed by atoms with Crippen molar-refractivity contribution in [3.63, 3.8) is 0 Å². The molecule has 5 heterocycles. The molecular formula is C88H139FN2S5. The standard InChI is InChI=1S/C88H139FN2S5/c1-5-9-13-17-21-25-29-33-37-41-45-49-53-57-62-87(63-58-54-50-46-42-38-34-30-26-22-18-14-10-6-2)74-61-66-92-83(74)84-76(87)70-80(94-84)81-71-77-86(95-81)85-75(69-79(93-85)73-67-72(89)68-78-82(73)91-96-90-78)88(77,64-59-55-51-47-43-39-35-31-27-23-19-15-11-7-3)65-60-56-52-48-44-40-36-32-28-24-20-16-12-8-4/h61,66-71H,5-60,62-65H2,1-4H3. The van der Waals surface area contributed by atoms with E-state index in [4.69, 9.17) is 4.37 Å². The number of hydrogen-bond donors (Lipinski definition) is 0. The normalized spacial score (nSPS) is 13.6. The lowest BCUT2D eigenvalue weighted by molar-refractivity contribution is 0.397. The van der Waals surface area contributed by atoms with Gasteiger partial charge in [-0.25, -0.2) is 4.39 Å². The molecule has 1 aromatic carbocycles. The Bertz CT molecular complexity index is 2880. The zero-order valence-corrected chi connectivity index (χ0v) is 66.4. The van der Waals surface area contributed by atoms with Gasteiger partial charge < -0.3 is 0 Å². The molecule has 8 heteroatoms. The van der Waals surface area contributed by atoms with Crippen LogP contribution in [0, 0.1) is 5.82 Å². The van der Waals surface area contributed by atoms with Crippen LogP contribution >= 0.6 is 57.1 Å². The molecule has 0 bridgehead atoms. The van der Waals surface area contributed by atoms with Crippen LogP contribution in [0.1, 0.15) is 435 Å². The van der Waals surface area contributed by atoms with Crippen LogP contribution in [0.15, 0.2) is 41.8 Å². The molecule has 5 aromatic heterocycles. The number of aromatic nitrogens is 2. The van der Waals surface area contributed by atoms with Crippen LogP contribution in [0.3, 0.4) is 0 Å². The fourth-order valence-electron chi connectivity index (χ4n) is 17.1. The van der Waals surface area contributed by atoms with Gasteiger partial charge in [-0.3, -0.25) is 0 Å². The van der Waals surface area contributed by atoms with Gasteiger partial charge in [-0.2, -0.15) is 8.75 Å². The molecule has 0 N–H and O–H groups in total. The van der Waals surface area contributed by atoms with Gasteiger partial charge in [0.25, 0.3) is 0 Å². The van der Waals surface area contributed by atoms with E-state index >= 15 is 4.39 Å². The van der Waals surface area contributed by atoms with Gasteiger partial charge in [-0.05, 0) is 83.6 Å². The molecule has 0 unspecified atom stereocenters. The lowest BCUT2D eigenvalue weighted by Gasteiger charge is -2.32. The summed E-state index contributed by atoms with van der Waals surface area (Å²) in [4.78, 5) is 10.3. The second kappa shape index (κ2) is 47.1. The number of fused-ring (bicyclic) bond motifs is 7. The van der Waals surface area contributed by atoms with Gasteiger partial charge in [-0.15, -0.1) is 45.3 Å². The minimum absolute atomic E-state index is 0.0401. The van der Waals surface area contributed by atoms with Gasteiger partial charge in [0.05, 0.1) is 11.7 Å². The summed E-state index contributed by atoms with van der Waals surface area (Å²) in [6, 6.07) is 14.0. The van der Waals surface area contributed by atoms with Crippen LogP contribution in [0.5, 0.6) is 0 Å². The topological polar surface area (TPSA) is 25.8 Å². The van der Waals surface area contributed by atoms with Crippen LogP contribution in [0.4, 0.5) is 4.39 Å². The molecule has 0 spiro atoms. The molecule has 2 nitrogen and oxygen atoms in total. The Morgan fingerprint density at radius 2 is 0.562 bits per heavy atom. The summed E-state index contributed by atoms with van der Waals surface area (Å²) in [6.45, 7) is 9.30. The van der Waals surface area contributed by atoms with E-state index in [9.17, 15) is 0 Å². The Kier molecular flexibility index (Phi) is 39.0. The average Bonchev–Trinajstić information content (AvgIpc) is 1.55. The number of benzene rings is 1. The summed E-state index contributed by atoms with van der Waals surface area (Å²) < 4.78 is 25.0. The summed E-state index contributed by atoms with van der Waals surface area (Å²) in [5.74, 6) is -0.210. The molecular weight excluding hydrogens is 1260 g/mol. The second-order valence-electron chi connectivity index (χ2n) is 30.9. The Hall–Kier alpha value is -2.23. The Labute approximate surface area is 610 Å². The summed E-state index contributed by atoms with van der Waals surface area (Å²) in [7, 11) is 0. The molecule has 96 heavy (non-hydrogen) atoms. The van der Waals surface area contributed by atoms with E-state index in [1.165, 1.54) is 427 Å². The lowest BCUT2D eigenvalue weighted by Crippen LogP contribution is -2.25. The van der Waals surface area contributed by atoms with Crippen molar-refractivity contribution in [2.24, 2.45) is 0 Å². The van der Waals surface area contributed by atoms with Gasteiger partial charge >= 0.3 is 0 Å². The SMILES string of the molecule is CCCCCCCCCCCCCCCCC1(CCCCCCCCCCCCCCCC)c2ccsc2-c2sc(-c3cc4c(s3)-c3sc(-c5cc(F)cc6nsnc56)cc3C4(CCCCCCCCCCCCCCCC)CCCCCCCCCCCCCCCC)cc21. The lowest BCUT2D eigenvalue weighted by atomic mass is 9.71. The first-order chi connectivity index (χ1) is 47.5. The summed E-state index contributed by atoms with van der Waals surface area (Å²) in [5.41, 5.74) is 9.07. The van der Waals surface area contributed by atoms with Gasteiger partial charge in [-0.1, -0.05) is 387 Å². The van der Waals surface area contributed by atoms with Crippen LogP contribution < -0.4 is 0 Å². The number of unbranched alkanes of at least 4 members (excludes halogenated alkanes) is 52. The van der Waals surface area contributed by atoms with E-state index in [-0.39, 0.29) is 16.6 Å². The van der Waals surface area contributed by atoms with Crippen LogP contribution in [0.25, 0.3) is 50.7 Å². The predicted octanol–water partition coefficient (Wildman–Crippen LogP) is 33.4. The van der Waals surface area contributed by atoms with E-state index in [0.717, 1.165) is 11.1 Å². The Balaban J connectivity index is 1.000. The molecule has 0 amide bonds. The smallest absolute Gasteiger partial charge is 0.126 e. The minimum atomic E-state index is -0.210. The first kappa shape index (κ1) is 79.5. The van der Waals surface area contributed by atoms with E-state index in [1.807, 2.05) is 22.7 Å². The maximum absolute atomic E-state index is 15.6. The molecule has 8 rings (SSSR count). The minimum Gasteiger partial charge on any atom is -0.207 e. The Morgan fingerprint density at radius 3 is 0.885 bits per heavy atom. The molecule has 0 saturated heterocycles. The number of halogens is 1. The quantitative estimate of drug-likeness (QED) is 0.0356. The molecule has 2 aliphatic rings. The average molecular weight is 1400 g/mol. The molecule has 0 saturated carbocycles. The number of rotatable bonds is 62. The number of hydrogen-bond acceptors (Lipinski definition) is 7. The van der Waals surface area contributed by atoms with E-state index in [2.05, 4.69) is 84.4 Å². The third-order valence-corrected chi connectivity index (χ3v) is 28.4. The molecule has 6 aromatic rings. The largest absolute Gasteiger partial charge is 0.207 e. The fraction of sp³-hybridized carbons (Fsp3) is 0.750. The monoisotopic (exact) mass is 1400 g/mol. The van der Waals surface area contributed by atoms with Crippen molar-refractivity contribution in [1.29, 1.82) is 0 Å².